The van der Waals surface area contributed by atoms with Crippen LogP contribution in [0.3, 0.4) is 0 Å². The molecule has 0 fully saturated rings. The van der Waals surface area contributed by atoms with E-state index < -0.39 is 0 Å². The largest absolute Gasteiger partial charge is 0.325 e. The van der Waals surface area contributed by atoms with Crippen molar-refractivity contribution < 1.29 is 4.79 Å². The molecule has 1 N–H and O–H groups in total. The first-order valence-corrected chi connectivity index (χ1v) is 13.4. The fourth-order valence-corrected chi connectivity index (χ4v) is 6.66. The van der Waals surface area contributed by atoms with E-state index in [1.165, 1.54) is 16.6 Å². The number of halogens is 1. The Bertz CT molecular complexity index is 1480. The summed E-state index contributed by atoms with van der Waals surface area (Å²) in [4.78, 5) is 33.5. The number of rotatable bonds is 5. The molecule has 2 heterocycles. The van der Waals surface area contributed by atoms with E-state index in [9.17, 15) is 9.59 Å². The van der Waals surface area contributed by atoms with Gasteiger partial charge in [0.25, 0.3) is 5.56 Å². The van der Waals surface area contributed by atoms with Gasteiger partial charge in [0.1, 0.15) is 4.83 Å². The molecule has 0 radical (unpaired) electrons. The summed E-state index contributed by atoms with van der Waals surface area (Å²) in [6, 6.07) is 13.2. The highest BCUT2D eigenvalue weighted by molar-refractivity contribution is 7.99. The zero-order chi connectivity index (χ0) is 23.8. The predicted molar refractivity (Wildman–Crippen MR) is 142 cm³/mol. The van der Waals surface area contributed by atoms with Crippen LogP contribution in [0.5, 0.6) is 0 Å². The van der Waals surface area contributed by atoms with E-state index in [1.54, 1.807) is 15.9 Å². The molecule has 5 rings (SSSR count). The van der Waals surface area contributed by atoms with Crippen molar-refractivity contribution in [3.05, 3.63) is 79.4 Å². The van der Waals surface area contributed by atoms with Crippen LogP contribution in [0.15, 0.2) is 52.4 Å². The summed E-state index contributed by atoms with van der Waals surface area (Å²) in [5.41, 5.74) is 4.39. The maximum atomic E-state index is 13.9. The lowest BCUT2D eigenvalue weighted by molar-refractivity contribution is -0.113. The Kier molecular flexibility index (Phi) is 6.51. The summed E-state index contributed by atoms with van der Waals surface area (Å²) in [7, 11) is 0. The number of benzene rings is 2. The number of amides is 1. The lowest BCUT2D eigenvalue weighted by Crippen LogP contribution is -2.24. The van der Waals surface area contributed by atoms with E-state index in [-0.39, 0.29) is 17.2 Å². The molecule has 4 aromatic rings. The number of carbonyl (C=O) groups is 1. The van der Waals surface area contributed by atoms with Gasteiger partial charge in [0, 0.05) is 15.6 Å². The Morgan fingerprint density at radius 3 is 2.79 bits per heavy atom. The van der Waals surface area contributed by atoms with E-state index in [0.29, 0.717) is 21.3 Å². The molecule has 0 saturated carbocycles. The molecule has 174 valence electrons. The third-order valence-corrected chi connectivity index (χ3v) is 8.61. The molecule has 1 aliphatic carbocycles. The molecule has 0 saturated heterocycles. The van der Waals surface area contributed by atoms with Crippen LogP contribution in [0.1, 0.15) is 34.4 Å². The molecule has 0 unspecified atom stereocenters. The molecule has 34 heavy (non-hydrogen) atoms. The van der Waals surface area contributed by atoms with E-state index in [4.69, 9.17) is 16.6 Å². The van der Waals surface area contributed by atoms with Crippen molar-refractivity contribution in [1.29, 1.82) is 0 Å². The average Bonchev–Trinajstić information content (AvgIpc) is 3.19. The topological polar surface area (TPSA) is 64.0 Å². The Labute approximate surface area is 211 Å². The third kappa shape index (κ3) is 4.40. The molecule has 0 atom stereocenters. The quantitative estimate of drug-likeness (QED) is 0.252. The highest BCUT2D eigenvalue weighted by Crippen LogP contribution is 2.36. The van der Waals surface area contributed by atoms with Gasteiger partial charge in [-0.3, -0.25) is 14.2 Å². The summed E-state index contributed by atoms with van der Waals surface area (Å²) in [6.45, 7) is 3.88. The van der Waals surface area contributed by atoms with Crippen molar-refractivity contribution in [3.8, 4) is 5.69 Å². The molecule has 0 bridgehead atoms. The fraction of sp³-hybridized carbons (Fsp3) is 0.269. The van der Waals surface area contributed by atoms with Crippen LogP contribution in [-0.2, 0) is 17.6 Å². The van der Waals surface area contributed by atoms with Gasteiger partial charge in [0.05, 0.1) is 16.8 Å². The second-order valence-electron chi connectivity index (χ2n) is 8.52. The van der Waals surface area contributed by atoms with Gasteiger partial charge in [0.15, 0.2) is 5.16 Å². The first kappa shape index (κ1) is 23.1. The first-order chi connectivity index (χ1) is 16.4. The van der Waals surface area contributed by atoms with Gasteiger partial charge in [-0.1, -0.05) is 41.6 Å². The summed E-state index contributed by atoms with van der Waals surface area (Å²) < 4.78 is 1.63. The van der Waals surface area contributed by atoms with Gasteiger partial charge >= 0.3 is 0 Å². The minimum Gasteiger partial charge on any atom is -0.325 e. The molecule has 1 amide bonds. The van der Waals surface area contributed by atoms with Crippen molar-refractivity contribution in [2.24, 2.45) is 0 Å². The highest BCUT2D eigenvalue weighted by Gasteiger charge is 2.24. The summed E-state index contributed by atoms with van der Waals surface area (Å²) in [6.07, 6.45) is 4.13. The summed E-state index contributed by atoms with van der Waals surface area (Å²) in [5.74, 6) is -0.0128. The minimum atomic E-state index is -0.148. The number of thiophene rings is 1. The van der Waals surface area contributed by atoms with Crippen LogP contribution < -0.4 is 10.9 Å². The van der Waals surface area contributed by atoms with E-state index in [1.807, 2.05) is 56.3 Å². The number of aryl methyl sites for hydroxylation is 3. The molecular weight excluding hydrogens is 486 g/mol. The van der Waals surface area contributed by atoms with Crippen LogP contribution in [0, 0.1) is 13.8 Å². The molecule has 1 aliphatic rings. The monoisotopic (exact) mass is 509 g/mol. The predicted octanol–water partition coefficient (Wildman–Crippen LogP) is 6.33. The lowest BCUT2D eigenvalue weighted by Gasteiger charge is -2.16. The zero-order valence-corrected chi connectivity index (χ0v) is 21.4. The fourth-order valence-electron chi connectivity index (χ4n) is 4.38. The van der Waals surface area contributed by atoms with Crippen LogP contribution in [0.25, 0.3) is 15.9 Å². The van der Waals surface area contributed by atoms with Crippen molar-refractivity contribution in [2.75, 3.05) is 11.1 Å². The Hall–Kier alpha value is -2.61. The third-order valence-electron chi connectivity index (χ3n) is 6.07. The highest BCUT2D eigenvalue weighted by atomic mass is 35.5. The Morgan fingerprint density at radius 1 is 1.18 bits per heavy atom. The standard InChI is InChI=1S/C26H24ClN3O2S2/c1-15-7-5-8-17(13-15)28-22(31)14-33-26-29-24-23(18-9-3-4-12-21(18)34-24)25(32)30(26)20-11-6-10-19(27)16(20)2/h5-8,10-11,13H,3-4,9,12,14H2,1-2H3,(H,28,31). The Morgan fingerprint density at radius 2 is 1.97 bits per heavy atom. The number of anilines is 1. The summed E-state index contributed by atoms with van der Waals surface area (Å²) in [5, 5.41) is 4.73. The number of nitrogens with zero attached hydrogens (tertiary/aromatic N) is 2. The van der Waals surface area contributed by atoms with E-state index >= 15 is 0 Å². The number of hydrogen-bond donors (Lipinski definition) is 1. The maximum Gasteiger partial charge on any atom is 0.267 e. The number of fused-ring (bicyclic) bond motifs is 3. The van der Waals surface area contributed by atoms with Crippen molar-refractivity contribution >= 4 is 56.5 Å². The number of thioether (sulfide) groups is 1. The molecule has 2 aromatic heterocycles. The second-order valence-corrected chi connectivity index (χ2v) is 10.9. The van der Waals surface area contributed by atoms with E-state index in [0.717, 1.165) is 52.9 Å². The smallest absolute Gasteiger partial charge is 0.267 e. The number of nitrogens with one attached hydrogen (secondary N) is 1. The van der Waals surface area contributed by atoms with Gasteiger partial charge in [-0.05, 0) is 80.5 Å². The maximum absolute atomic E-state index is 13.9. The molecule has 0 aliphatic heterocycles. The minimum absolute atomic E-state index is 0.0867. The van der Waals surface area contributed by atoms with Crippen LogP contribution in [-0.4, -0.2) is 21.2 Å². The molecule has 0 spiro atoms. The number of aromatic nitrogens is 2. The zero-order valence-electron chi connectivity index (χ0n) is 19.0. The van der Waals surface area contributed by atoms with Crippen molar-refractivity contribution in [1.82, 2.24) is 9.55 Å². The number of carbonyl (C=O) groups excluding carboxylic acids is 1. The average molecular weight is 510 g/mol. The SMILES string of the molecule is Cc1cccc(NC(=O)CSc2nc3sc4c(c3c(=O)n2-c2cccc(Cl)c2C)CCCC4)c1. The van der Waals surface area contributed by atoms with Gasteiger partial charge in [-0.25, -0.2) is 4.98 Å². The van der Waals surface area contributed by atoms with Crippen LogP contribution in [0.4, 0.5) is 5.69 Å². The molecule has 5 nitrogen and oxygen atoms in total. The number of hydrogen-bond acceptors (Lipinski definition) is 5. The molecule has 8 heteroatoms. The molecular formula is C26H24ClN3O2S2. The van der Waals surface area contributed by atoms with Crippen molar-refractivity contribution in [2.45, 2.75) is 44.7 Å². The van der Waals surface area contributed by atoms with Gasteiger partial charge in [-0.15, -0.1) is 11.3 Å². The Balaban J connectivity index is 1.56. The first-order valence-electron chi connectivity index (χ1n) is 11.2. The van der Waals surface area contributed by atoms with Crippen molar-refractivity contribution in [3.63, 3.8) is 0 Å². The lowest BCUT2D eigenvalue weighted by atomic mass is 9.97. The van der Waals surface area contributed by atoms with Gasteiger partial charge < -0.3 is 5.32 Å². The summed E-state index contributed by atoms with van der Waals surface area (Å²) >= 11 is 9.29. The normalized spacial score (nSPS) is 13.1. The van der Waals surface area contributed by atoms with Crippen LogP contribution >= 0.6 is 34.7 Å². The second kappa shape index (κ2) is 9.56. The van der Waals surface area contributed by atoms with Crippen LogP contribution in [0.2, 0.25) is 5.02 Å². The van der Waals surface area contributed by atoms with E-state index in [2.05, 4.69) is 5.32 Å². The van der Waals surface area contributed by atoms with Gasteiger partial charge in [0.2, 0.25) is 5.91 Å². The van der Waals surface area contributed by atoms with Gasteiger partial charge in [-0.2, -0.15) is 0 Å². The molecule has 2 aromatic carbocycles.